The highest BCUT2D eigenvalue weighted by molar-refractivity contribution is 6.19. The molecule has 0 saturated carbocycles. The second-order valence-corrected chi connectivity index (χ2v) is 8.51. The number of imide groups is 1. The predicted octanol–water partition coefficient (Wildman–Crippen LogP) is 4.57. The van der Waals surface area contributed by atoms with Crippen LogP contribution in [-0.4, -0.2) is 53.4 Å². The summed E-state index contributed by atoms with van der Waals surface area (Å²) in [4.78, 5) is 27.3. The summed E-state index contributed by atoms with van der Waals surface area (Å²) in [7, 11) is 1.49. The van der Waals surface area contributed by atoms with E-state index >= 15 is 0 Å². The van der Waals surface area contributed by atoms with E-state index in [1.54, 1.807) is 17.7 Å². The zero-order chi connectivity index (χ0) is 26.4. The summed E-state index contributed by atoms with van der Waals surface area (Å²) in [6.45, 7) is 4.48. The summed E-state index contributed by atoms with van der Waals surface area (Å²) < 4.78 is 12.6. The zero-order valence-corrected chi connectivity index (χ0v) is 21.1. The molecule has 1 aromatic heterocycles. The van der Waals surface area contributed by atoms with Gasteiger partial charge in [-0.15, -0.1) is 0 Å². The lowest BCUT2D eigenvalue weighted by Crippen LogP contribution is -2.44. The van der Waals surface area contributed by atoms with Crippen molar-refractivity contribution in [2.75, 3.05) is 26.9 Å². The predicted molar refractivity (Wildman–Crippen MR) is 140 cm³/mol. The van der Waals surface area contributed by atoms with Crippen LogP contribution in [0.15, 0.2) is 77.5 Å². The first-order valence-electron chi connectivity index (χ1n) is 12.0. The Kier molecular flexibility index (Phi) is 7.96. The molecule has 188 valence electrons. The maximum Gasteiger partial charge on any atom is 0.271 e. The number of amides is 2. The molecule has 3 aromatic rings. The quantitative estimate of drug-likeness (QED) is 0.318. The number of aromatic nitrogens is 2. The van der Waals surface area contributed by atoms with Crippen LogP contribution in [0.1, 0.15) is 25.8 Å². The Morgan fingerprint density at radius 2 is 1.84 bits per heavy atom. The summed E-state index contributed by atoms with van der Waals surface area (Å²) in [5.74, 6) is -0.364. The third-order valence-electron chi connectivity index (χ3n) is 5.99. The summed E-state index contributed by atoms with van der Waals surface area (Å²) in [6, 6.07) is 19.2. The van der Waals surface area contributed by atoms with E-state index < -0.39 is 11.8 Å². The minimum atomic E-state index is -0.611. The Labute approximate surface area is 216 Å². The first kappa shape index (κ1) is 25.6. The highest BCUT2D eigenvalue weighted by Gasteiger charge is 2.35. The van der Waals surface area contributed by atoms with E-state index in [0.717, 1.165) is 28.3 Å². The Bertz CT molecular complexity index is 1410. The van der Waals surface area contributed by atoms with Crippen molar-refractivity contribution < 1.29 is 19.1 Å². The maximum atomic E-state index is 13.4. The first-order valence-corrected chi connectivity index (χ1v) is 12.0. The summed E-state index contributed by atoms with van der Waals surface area (Å²) in [6.07, 6.45) is 4.42. The van der Waals surface area contributed by atoms with Crippen LogP contribution in [-0.2, 0) is 14.3 Å². The molecule has 37 heavy (non-hydrogen) atoms. The fraction of sp³-hybridized carbons (Fsp3) is 0.241. The molecule has 0 saturated heterocycles. The van der Waals surface area contributed by atoms with Gasteiger partial charge < -0.3 is 9.47 Å². The molecule has 4 rings (SSSR count). The van der Waals surface area contributed by atoms with Crippen LogP contribution >= 0.6 is 0 Å². The van der Waals surface area contributed by atoms with Crippen molar-refractivity contribution in [3.05, 3.63) is 83.1 Å². The van der Waals surface area contributed by atoms with E-state index in [9.17, 15) is 14.9 Å². The van der Waals surface area contributed by atoms with Gasteiger partial charge in [-0.2, -0.15) is 10.4 Å². The number of nitriles is 1. The number of carbonyl (C=O) groups is 2. The first-order chi connectivity index (χ1) is 18.0. The smallest absolute Gasteiger partial charge is 0.271 e. The fourth-order valence-corrected chi connectivity index (χ4v) is 4.05. The zero-order valence-electron chi connectivity index (χ0n) is 21.1. The van der Waals surface area contributed by atoms with Crippen molar-refractivity contribution in [3.63, 3.8) is 0 Å². The average Bonchev–Trinajstić information content (AvgIpc) is 3.35. The van der Waals surface area contributed by atoms with Gasteiger partial charge in [-0.3, -0.25) is 14.5 Å². The van der Waals surface area contributed by atoms with Crippen LogP contribution in [0, 0.1) is 11.3 Å². The van der Waals surface area contributed by atoms with Crippen molar-refractivity contribution in [2.24, 2.45) is 0 Å². The van der Waals surface area contributed by atoms with E-state index in [4.69, 9.17) is 14.6 Å². The van der Waals surface area contributed by atoms with E-state index in [-0.39, 0.29) is 24.3 Å². The SMILES string of the molecule is CCCOc1cccc(-c2nn(-c3ccccc3)cc2/C=C2/C(=O)N(CCOC)C(=O)C(C#N)=C2C)c1. The Morgan fingerprint density at radius 1 is 1.05 bits per heavy atom. The van der Waals surface area contributed by atoms with Crippen LogP contribution in [0.25, 0.3) is 23.0 Å². The van der Waals surface area contributed by atoms with Gasteiger partial charge in [-0.1, -0.05) is 37.3 Å². The molecule has 0 spiro atoms. The molecule has 0 fully saturated rings. The van der Waals surface area contributed by atoms with E-state index in [1.807, 2.05) is 73.8 Å². The largest absolute Gasteiger partial charge is 0.494 e. The van der Waals surface area contributed by atoms with Gasteiger partial charge in [0.2, 0.25) is 0 Å². The standard InChI is InChI=1S/C29H28N4O4/c1-4-14-37-24-12-8-9-21(16-24)27-22(19-33(31-27)23-10-6-5-7-11-23)17-25-20(2)26(18-30)29(35)32(28(25)34)13-15-36-3/h5-12,16-17,19H,4,13-15H2,1-3H3/b25-17+. The number of hydrogen-bond acceptors (Lipinski definition) is 6. The lowest BCUT2D eigenvalue weighted by molar-refractivity contribution is -0.141. The van der Waals surface area contributed by atoms with Gasteiger partial charge >= 0.3 is 0 Å². The molecule has 0 radical (unpaired) electrons. The number of rotatable bonds is 9. The Hall–Kier alpha value is -4.48. The van der Waals surface area contributed by atoms with Crippen LogP contribution in [0.3, 0.4) is 0 Å². The van der Waals surface area contributed by atoms with Gasteiger partial charge in [0.1, 0.15) is 23.1 Å². The van der Waals surface area contributed by atoms with Gasteiger partial charge in [0.15, 0.2) is 0 Å². The lowest BCUT2D eigenvalue weighted by atomic mass is 9.93. The number of para-hydroxylation sites is 1. The van der Waals surface area contributed by atoms with E-state index in [1.165, 1.54) is 7.11 Å². The van der Waals surface area contributed by atoms with Crippen LogP contribution < -0.4 is 4.74 Å². The molecule has 2 amide bonds. The Balaban J connectivity index is 1.87. The van der Waals surface area contributed by atoms with Gasteiger partial charge in [0.25, 0.3) is 11.8 Å². The number of nitrogens with zero attached hydrogens (tertiary/aromatic N) is 4. The fourth-order valence-electron chi connectivity index (χ4n) is 4.05. The summed E-state index contributed by atoms with van der Waals surface area (Å²) in [5, 5.41) is 14.5. The number of benzene rings is 2. The molecule has 2 heterocycles. The van der Waals surface area contributed by atoms with Crippen molar-refractivity contribution in [1.29, 1.82) is 5.26 Å². The van der Waals surface area contributed by atoms with Crippen molar-refractivity contribution in [2.45, 2.75) is 20.3 Å². The molecular weight excluding hydrogens is 468 g/mol. The van der Waals surface area contributed by atoms with E-state index in [0.29, 0.717) is 23.4 Å². The summed E-state index contributed by atoms with van der Waals surface area (Å²) >= 11 is 0. The van der Waals surface area contributed by atoms with Gasteiger partial charge in [-0.25, -0.2) is 4.68 Å². The normalized spacial score (nSPS) is 14.9. The third kappa shape index (κ3) is 5.37. The number of hydrogen-bond donors (Lipinski definition) is 0. The van der Waals surface area contributed by atoms with Crippen molar-refractivity contribution >= 4 is 17.9 Å². The number of ether oxygens (including phenoxy) is 2. The minimum absolute atomic E-state index is 0.0525. The molecule has 0 aliphatic carbocycles. The second-order valence-electron chi connectivity index (χ2n) is 8.51. The van der Waals surface area contributed by atoms with Gasteiger partial charge in [-0.05, 0) is 49.3 Å². The highest BCUT2D eigenvalue weighted by atomic mass is 16.5. The van der Waals surface area contributed by atoms with E-state index in [2.05, 4.69) is 0 Å². The molecule has 0 N–H and O–H groups in total. The molecule has 0 atom stereocenters. The van der Waals surface area contributed by atoms with Crippen LogP contribution in [0.2, 0.25) is 0 Å². The van der Waals surface area contributed by atoms with Crippen LogP contribution in [0.4, 0.5) is 0 Å². The minimum Gasteiger partial charge on any atom is -0.494 e. The maximum absolute atomic E-state index is 13.4. The average molecular weight is 497 g/mol. The molecular formula is C29H28N4O4. The molecule has 8 nitrogen and oxygen atoms in total. The molecule has 8 heteroatoms. The molecule has 0 bridgehead atoms. The van der Waals surface area contributed by atoms with Crippen LogP contribution in [0.5, 0.6) is 5.75 Å². The lowest BCUT2D eigenvalue weighted by Gasteiger charge is -2.27. The monoisotopic (exact) mass is 496 g/mol. The Morgan fingerprint density at radius 3 is 2.54 bits per heavy atom. The topological polar surface area (TPSA) is 97.4 Å². The number of methoxy groups -OCH3 is 1. The van der Waals surface area contributed by atoms with Crippen molar-refractivity contribution in [1.82, 2.24) is 14.7 Å². The molecule has 0 unspecified atom stereocenters. The third-order valence-corrected chi connectivity index (χ3v) is 5.99. The molecule has 1 aliphatic rings. The van der Waals surface area contributed by atoms with Gasteiger partial charge in [0.05, 0.1) is 25.4 Å². The molecule has 2 aromatic carbocycles. The highest BCUT2D eigenvalue weighted by Crippen LogP contribution is 2.32. The van der Waals surface area contributed by atoms with Crippen molar-refractivity contribution in [3.8, 4) is 28.8 Å². The number of carbonyl (C=O) groups excluding carboxylic acids is 2. The van der Waals surface area contributed by atoms with Gasteiger partial charge in [0, 0.05) is 30.0 Å². The summed E-state index contributed by atoms with van der Waals surface area (Å²) in [5.41, 5.74) is 3.50. The second kappa shape index (κ2) is 11.5. The molecule has 1 aliphatic heterocycles.